The van der Waals surface area contributed by atoms with Crippen molar-refractivity contribution >= 4 is 17.8 Å². The highest BCUT2D eigenvalue weighted by Crippen LogP contribution is 2.17. The lowest BCUT2D eigenvalue weighted by Crippen LogP contribution is -2.20. The average Bonchev–Trinajstić information content (AvgIpc) is 2.50. The highest BCUT2D eigenvalue weighted by molar-refractivity contribution is 6.08. The van der Waals surface area contributed by atoms with Crippen molar-refractivity contribution in [1.29, 1.82) is 0 Å². The highest BCUT2D eigenvalue weighted by atomic mass is 16.5. The molecule has 1 aromatic heterocycles. The maximum atomic E-state index is 12.1. The molecule has 2 aromatic rings. The molecule has 0 saturated heterocycles. The number of aromatic amines is 1. The van der Waals surface area contributed by atoms with Crippen LogP contribution in [0, 0.1) is 6.92 Å². The van der Waals surface area contributed by atoms with Crippen LogP contribution in [0.25, 0.3) is 6.08 Å². The maximum absolute atomic E-state index is 12.1. The number of hydrogen-bond donors (Lipinski definition) is 3. The van der Waals surface area contributed by atoms with E-state index in [-0.39, 0.29) is 17.9 Å². The summed E-state index contributed by atoms with van der Waals surface area (Å²) < 4.78 is 5.16. The van der Waals surface area contributed by atoms with Crippen LogP contribution in [-0.2, 0) is 4.79 Å². The molecule has 0 aliphatic heterocycles. The van der Waals surface area contributed by atoms with Crippen LogP contribution in [0.1, 0.15) is 21.6 Å². The highest BCUT2D eigenvalue weighted by Gasteiger charge is 2.13. The molecule has 124 valence electrons. The van der Waals surface area contributed by atoms with Crippen molar-refractivity contribution in [3.63, 3.8) is 0 Å². The lowest BCUT2D eigenvalue weighted by atomic mass is 10.1. The van der Waals surface area contributed by atoms with Gasteiger partial charge >= 0.3 is 0 Å². The SMILES string of the molecule is Cc1cc(O)c(C(=O)C=Cc2cccc(OCC(N)=O)c2)c(=O)[nH]1. The van der Waals surface area contributed by atoms with Crippen molar-refractivity contribution in [3.8, 4) is 11.5 Å². The molecule has 4 N–H and O–H groups in total. The third kappa shape index (κ3) is 4.33. The van der Waals surface area contributed by atoms with Crippen molar-refractivity contribution in [1.82, 2.24) is 4.98 Å². The number of aromatic hydroxyl groups is 1. The van der Waals surface area contributed by atoms with E-state index in [2.05, 4.69) is 4.98 Å². The van der Waals surface area contributed by atoms with Gasteiger partial charge in [0.2, 0.25) is 0 Å². The fourth-order valence-electron chi connectivity index (χ4n) is 2.03. The fraction of sp³-hybridized carbons (Fsp3) is 0.118. The van der Waals surface area contributed by atoms with Gasteiger partial charge in [0.05, 0.1) is 0 Å². The first-order chi connectivity index (χ1) is 11.4. The monoisotopic (exact) mass is 328 g/mol. The first-order valence-electron chi connectivity index (χ1n) is 7.03. The molecule has 2 rings (SSSR count). The van der Waals surface area contributed by atoms with Crippen molar-refractivity contribution in [2.75, 3.05) is 6.61 Å². The van der Waals surface area contributed by atoms with E-state index in [1.165, 1.54) is 18.2 Å². The molecule has 0 radical (unpaired) electrons. The number of allylic oxidation sites excluding steroid dienone is 1. The number of ketones is 1. The van der Waals surface area contributed by atoms with E-state index in [1.807, 2.05) is 0 Å². The van der Waals surface area contributed by atoms with Crippen LogP contribution in [0.5, 0.6) is 11.5 Å². The molecule has 1 aromatic carbocycles. The number of H-pyrrole nitrogens is 1. The van der Waals surface area contributed by atoms with Gasteiger partial charge < -0.3 is 20.6 Å². The number of aromatic nitrogens is 1. The zero-order valence-corrected chi connectivity index (χ0v) is 12.9. The Bertz CT molecular complexity index is 868. The molecule has 7 nitrogen and oxygen atoms in total. The number of rotatable bonds is 6. The summed E-state index contributed by atoms with van der Waals surface area (Å²) in [5.41, 5.74) is 5.10. The molecule has 0 spiro atoms. The normalized spacial score (nSPS) is 10.7. The molecular formula is C17H16N2O5. The number of amides is 1. The zero-order valence-electron chi connectivity index (χ0n) is 12.9. The Hall–Kier alpha value is -3.35. The second-order valence-electron chi connectivity index (χ2n) is 5.07. The summed E-state index contributed by atoms with van der Waals surface area (Å²) >= 11 is 0. The summed E-state index contributed by atoms with van der Waals surface area (Å²) in [4.78, 5) is 37.1. The number of nitrogens with one attached hydrogen (secondary N) is 1. The van der Waals surface area contributed by atoms with Crippen molar-refractivity contribution < 1.29 is 19.4 Å². The van der Waals surface area contributed by atoms with Gasteiger partial charge in [-0.05, 0) is 36.8 Å². The molecule has 1 heterocycles. The predicted molar refractivity (Wildman–Crippen MR) is 88.0 cm³/mol. The Balaban J connectivity index is 2.19. The van der Waals surface area contributed by atoms with E-state index in [0.29, 0.717) is 17.0 Å². The number of carbonyl (C=O) groups excluding carboxylic acids is 2. The second kappa shape index (κ2) is 7.28. The Morgan fingerprint density at radius 1 is 1.33 bits per heavy atom. The third-order valence-corrected chi connectivity index (χ3v) is 3.06. The zero-order chi connectivity index (χ0) is 17.7. The van der Waals surface area contributed by atoms with Crippen molar-refractivity contribution in [2.45, 2.75) is 6.92 Å². The van der Waals surface area contributed by atoms with Gasteiger partial charge in [0.1, 0.15) is 17.1 Å². The largest absolute Gasteiger partial charge is 0.507 e. The minimum Gasteiger partial charge on any atom is -0.507 e. The third-order valence-electron chi connectivity index (χ3n) is 3.06. The first kappa shape index (κ1) is 17.0. The predicted octanol–water partition coefficient (Wildman–Crippen LogP) is 1.15. The number of primary amides is 1. The summed E-state index contributed by atoms with van der Waals surface area (Å²) in [5, 5.41) is 9.77. The molecule has 0 fully saturated rings. The van der Waals surface area contributed by atoms with Crippen LogP contribution >= 0.6 is 0 Å². The van der Waals surface area contributed by atoms with E-state index in [4.69, 9.17) is 10.5 Å². The Labute approximate surface area is 137 Å². The van der Waals surface area contributed by atoms with Crippen LogP contribution in [0.2, 0.25) is 0 Å². The van der Waals surface area contributed by atoms with Crippen LogP contribution in [0.4, 0.5) is 0 Å². The number of aryl methyl sites for hydroxylation is 1. The molecular weight excluding hydrogens is 312 g/mol. The molecule has 0 atom stereocenters. The standard InChI is InChI=1S/C17H16N2O5/c1-10-7-14(21)16(17(23)19-10)13(20)6-5-11-3-2-4-12(8-11)24-9-15(18)22/h2-8H,9H2,1H3,(H2,18,22)(H2,19,21,23). The summed E-state index contributed by atoms with van der Waals surface area (Å²) in [6, 6.07) is 7.93. The summed E-state index contributed by atoms with van der Waals surface area (Å²) in [5.74, 6) is -1.18. The Morgan fingerprint density at radius 3 is 2.75 bits per heavy atom. The van der Waals surface area contributed by atoms with Crippen molar-refractivity contribution in [2.24, 2.45) is 5.73 Å². The molecule has 7 heteroatoms. The van der Waals surface area contributed by atoms with Gasteiger partial charge in [-0.1, -0.05) is 18.2 Å². The van der Waals surface area contributed by atoms with Crippen LogP contribution in [0.15, 0.2) is 41.2 Å². The lowest BCUT2D eigenvalue weighted by molar-refractivity contribution is -0.119. The Morgan fingerprint density at radius 2 is 2.08 bits per heavy atom. The van der Waals surface area contributed by atoms with Crippen molar-refractivity contribution in [3.05, 3.63) is 63.6 Å². The van der Waals surface area contributed by atoms with E-state index < -0.39 is 17.2 Å². The summed E-state index contributed by atoms with van der Waals surface area (Å²) in [7, 11) is 0. The molecule has 0 bridgehead atoms. The Kier molecular flexibility index (Phi) is 5.16. The van der Waals surface area contributed by atoms with Gasteiger partial charge in [-0.3, -0.25) is 14.4 Å². The quantitative estimate of drug-likeness (QED) is 0.542. The minimum atomic E-state index is -0.652. The van der Waals surface area contributed by atoms with Gasteiger partial charge in [-0.15, -0.1) is 0 Å². The van der Waals surface area contributed by atoms with Gasteiger partial charge in [0.25, 0.3) is 11.5 Å². The molecule has 0 saturated carbocycles. The minimum absolute atomic E-state index is 0.251. The smallest absolute Gasteiger partial charge is 0.263 e. The van der Waals surface area contributed by atoms with E-state index in [0.717, 1.165) is 0 Å². The van der Waals surface area contributed by atoms with Crippen LogP contribution in [0.3, 0.4) is 0 Å². The average molecular weight is 328 g/mol. The topological polar surface area (TPSA) is 122 Å². The van der Waals surface area contributed by atoms with E-state index >= 15 is 0 Å². The first-order valence-corrected chi connectivity index (χ1v) is 7.03. The number of hydrogen-bond acceptors (Lipinski definition) is 5. The molecule has 0 unspecified atom stereocenters. The number of carbonyl (C=O) groups is 2. The molecule has 0 aliphatic rings. The summed E-state index contributed by atoms with van der Waals surface area (Å²) in [6.45, 7) is 1.35. The fourth-order valence-corrected chi connectivity index (χ4v) is 2.03. The number of benzene rings is 1. The lowest BCUT2D eigenvalue weighted by Gasteiger charge is -2.04. The summed E-state index contributed by atoms with van der Waals surface area (Å²) in [6.07, 6.45) is 2.64. The van der Waals surface area contributed by atoms with Gasteiger partial charge in [0, 0.05) is 5.69 Å². The van der Waals surface area contributed by atoms with Gasteiger partial charge in [-0.25, -0.2) is 0 Å². The van der Waals surface area contributed by atoms with Gasteiger partial charge in [0.15, 0.2) is 12.4 Å². The van der Waals surface area contributed by atoms with Crippen LogP contribution < -0.4 is 16.0 Å². The number of pyridine rings is 1. The number of ether oxygens (including phenoxy) is 1. The molecule has 24 heavy (non-hydrogen) atoms. The van der Waals surface area contributed by atoms with Gasteiger partial charge in [-0.2, -0.15) is 0 Å². The molecule has 1 amide bonds. The van der Waals surface area contributed by atoms with Crippen LogP contribution in [-0.4, -0.2) is 28.4 Å². The number of nitrogens with two attached hydrogens (primary N) is 1. The van der Waals surface area contributed by atoms with E-state index in [1.54, 1.807) is 31.2 Å². The van der Waals surface area contributed by atoms with E-state index in [9.17, 15) is 19.5 Å². The maximum Gasteiger partial charge on any atom is 0.263 e. The molecule has 0 aliphatic carbocycles. The second-order valence-corrected chi connectivity index (χ2v) is 5.07.